The summed E-state index contributed by atoms with van der Waals surface area (Å²) in [4.78, 5) is 17.7. The van der Waals surface area contributed by atoms with Crippen LogP contribution in [0.4, 0.5) is 0 Å². The van der Waals surface area contributed by atoms with Crippen molar-refractivity contribution in [2.45, 2.75) is 38.5 Å². The zero-order valence-corrected chi connectivity index (χ0v) is 21.5. The number of hydrogen-bond acceptors (Lipinski definition) is 4. The van der Waals surface area contributed by atoms with Crippen molar-refractivity contribution in [3.8, 4) is 11.5 Å². The average Bonchev–Trinajstić information content (AvgIpc) is 3.22. The normalized spacial score (nSPS) is 19.0. The molecule has 0 aliphatic carbocycles. The van der Waals surface area contributed by atoms with Gasteiger partial charge in [0.2, 0.25) is 5.91 Å². The minimum atomic E-state index is 0.289. The number of amides is 1. The maximum atomic E-state index is 13.0. The molecule has 1 fully saturated rings. The van der Waals surface area contributed by atoms with E-state index < -0.39 is 0 Å². The topological polar surface area (TPSA) is 42.0 Å². The Bertz CT molecular complexity index is 1180. The second-order valence-electron chi connectivity index (χ2n) is 10.2. The molecule has 3 aromatic carbocycles. The quantitative estimate of drug-likeness (QED) is 0.403. The maximum Gasteiger partial charge on any atom is 0.227 e. The Morgan fingerprint density at radius 2 is 1.86 bits per heavy atom. The lowest BCUT2D eigenvalue weighted by atomic mass is 10.0. The molecule has 2 heterocycles. The molecule has 1 amide bonds. The van der Waals surface area contributed by atoms with Gasteiger partial charge in [0.15, 0.2) is 0 Å². The highest BCUT2D eigenvalue weighted by Gasteiger charge is 2.25. The minimum Gasteiger partial charge on any atom is -0.497 e. The summed E-state index contributed by atoms with van der Waals surface area (Å²) in [6, 6.07) is 20.7. The molecule has 0 N–H and O–H groups in total. The van der Waals surface area contributed by atoms with Gasteiger partial charge in [0.1, 0.15) is 11.5 Å². The van der Waals surface area contributed by atoms with Crippen LogP contribution in [-0.2, 0) is 17.6 Å². The molecule has 5 rings (SSSR count). The van der Waals surface area contributed by atoms with Crippen LogP contribution in [0.5, 0.6) is 11.5 Å². The third-order valence-electron chi connectivity index (χ3n) is 7.72. The van der Waals surface area contributed by atoms with Crippen LogP contribution in [0.2, 0.25) is 0 Å². The number of benzene rings is 3. The van der Waals surface area contributed by atoms with E-state index >= 15 is 0 Å². The lowest BCUT2D eigenvalue weighted by Crippen LogP contribution is -2.40. The van der Waals surface area contributed by atoms with Gasteiger partial charge in [-0.3, -0.25) is 4.79 Å². The number of fused-ring (bicyclic) bond motifs is 2. The van der Waals surface area contributed by atoms with Gasteiger partial charge in [-0.1, -0.05) is 42.8 Å². The van der Waals surface area contributed by atoms with Crippen LogP contribution < -0.4 is 9.47 Å². The fourth-order valence-electron chi connectivity index (χ4n) is 5.76. The molecule has 36 heavy (non-hydrogen) atoms. The Balaban J connectivity index is 1.12. The molecule has 5 nitrogen and oxygen atoms in total. The molecule has 0 bridgehead atoms. The van der Waals surface area contributed by atoms with Crippen molar-refractivity contribution in [1.29, 1.82) is 0 Å². The molecule has 5 heteroatoms. The molecular formula is C31H38N2O3. The highest BCUT2D eigenvalue weighted by molar-refractivity contribution is 5.89. The number of hydrogen-bond donors (Lipinski definition) is 0. The number of carbonyl (C=O) groups excluding carboxylic acids is 1. The van der Waals surface area contributed by atoms with Gasteiger partial charge >= 0.3 is 0 Å². The first-order chi connectivity index (χ1) is 17.7. The van der Waals surface area contributed by atoms with Gasteiger partial charge < -0.3 is 19.3 Å². The zero-order chi connectivity index (χ0) is 24.7. The van der Waals surface area contributed by atoms with Crippen LogP contribution in [0, 0.1) is 5.92 Å². The number of rotatable bonds is 8. The largest absolute Gasteiger partial charge is 0.497 e. The van der Waals surface area contributed by atoms with E-state index in [0.29, 0.717) is 18.9 Å². The SMILES string of the molecule is COc1ccc2c(OCCCN3CCCCC(CN4CCc5ccccc5CC4=O)C3)cccc2c1. The summed E-state index contributed by atoms with van der Waals surface area (Å²) in [6.07, 6.45) is 6.21. The molecule has 0 aromatic heterocycles. The summed E-state index contributed by atoms with van der Waals surface area (Å²) >= 11 is 0. The number of nitrogens with zero attached hydrogens (tertiary/aromatic N) is 2. The summed E-state index contributed by atoms with van der Waals surface area (Å²) in [6.45, 7) is 5.69. The zero-order valence-electron chi connectivity index (χ0n) is 21.5. The van der Waals surface area contributed by atoms with E-state index in [1.165, 1.54) is 30.4 Å². The fourth-order valence-corrected chi connectivity index (χ4v) is 5.76. The third kappa shape index (κ3) is 6.01. The van der Waals surface area contributed by atoms with E-state index in [-0.39, 0.29) is 5.91 Å². The van der Waals surface area contributed by atoms with E-state index in [4.69, 9.17) is 9.47 Å². The van der Waals surface area contributed by atoms with Crippen molar-refractivity contribution < 1.29 is 14.3 Å². The maximum absolute atomic E-state index is 13.0. The molecule has 0 saturated carbocycles. The third-order valence-corrected chi connectivity index (χ3v) is 7.72. The van der Waals surface area contributed by atoms with Crippen molar-refractivity contribution in [2.24, 2.45) is 5.92 Å². The molecule has 1 atom stereocenters. The molecule has 1 unspecified atom stereocenters. The number of carbonyl (C=O) groups is 1. The van der Waals surface area contributed by atoms with Crippen LogP contribution in [-0.4, -0.2) is 62.1 Å². The van der Waals surface area contributed by atoms with Crippen molar-refractivity contribution in [1.82, 2.24) is 9.80 Å². The highest BCUT2D eigenvalue weighted by Crippen LogP contribution is 2.29. The van der Waals surface area contributed by atoms with E-state index in [0.717, 1.165) is 67.8 Å². The van der Waals surface area contributed by atoms with Gasteiger partial charge in [-0.25, -0.2) is 0 Å². The number of ether oxygens (including phenoxy) is 2. The van der Waals surface area contributed by atoms with Crippen LogP contribution in [0.15, 0.2) is 60.7 Å². The summed E-state index contributed by atoms with van der Waals surface area (Å²) in [5, 5.41) is 2.26. The summed E-state index contributed by atoms with van der Waals surface area (Å²) < 4.78 is 11.6. The average molecular weight is 487 g/mol. The van der Waals surface area contributed by atoms with Crippen LogP contribution >= 0.6 is 0 Å². The predicted octanol–water partition coefficient (Wildman–Crippen LogP) is 5.35. The Morgan fingerprint density at radius 3 is 2.75 bits per heavy atom. The van der Waals surface area contributed by atoms with Crippen molar-refractivity contribution >= 4 is 16.7 Å². The van der Waals surface area contributed by atoms with Gasteiger partial charge in [-0.05, 0) is 78.9 Å². The monoisotopic (exact) mass is 486 g/mol. The second-order valence-corrected chi connectivity index (χ2v) is 10.2. The molecule has 1 saturated heterocycles. The first-order valence-electron chi connectivity index (χ1n) is 13.5. The predicted molar refractivity (Wildman–Crippen MR) is 145 cm³/mol. The van der Waals surface area contributed by atoms with Crippen molar-refractivity contribution in [3.63, 3.8) is 0 Å². The molecule has 2 aliphatic heterocycles. The molecule has 0 spiro atoms. The second kappa shape index (κ2) is 11.8. The lowest BCUT2D eigenvalue weighted by Gasteiger charge is -2.29. The van der Waals surface area contributed by atoms with Gasteiger partial charge in [-0.15, -0.1) is 0 Å². The molecule has 190 valence electrons. The van der Waals surface area contributed by atoms with Crippen molar-refractivity contribution in [2.75, 3.05) is 46.4 Å². The van der Waals surface area contributed by atoms with Crippen LogP contribution in [0.25, 0.3) is 10.8 Å². The van der Waals surface area contributed by atoms with Gasteiger partial charge in [-0.2, -0.15) is 0 Å². The Morgan fingerprint density at radius 1 is 0.972 bits per heavy atom. The Hall–Kier alpha value is -3.05. The summed E-state index contributed by atoms with van der Waals surface area (Å²) in [7, 11) is 1.69. The van der Waals surface area contributed by atoms with Crippen molar-refractivity contribution in [3.05, 3.63) is 71.8 Å². The number of likely N-dealkylation sites (tertiary alicyclic amines) is 1. The van der Waals surface area contributed by atoms with E-state index in [9.17, 15) is 4.79 Å². The number of methoxy groups -OCH3 is 1. The Kier molecular flexibility index (Phi) is 8.07. The first kappa shape index (κ1) is 24.6. The Labute approximate surface area is 215 Å². The van der Waals surface area contributed by atoms with Crippen LogP contribution in [0.3, 0.4) is 0 Å². The van der Waals surface area contributed by atoms with E-state index in [1.54, 1.807) is 7.11 Å². The molecular weight excluding hydrogens is 448 g/mol. The van der Waals surface area contributed by atoms with Gasteiger partial charge in [0.25, 0.3) is 0 Å². The lowest BCUT2D eigenvalue weighted by molar-refractivity contribution is -0.130. The van der Waals surface area contributed by atoms with E-state index in [1.807, 2.05) is 30.3 Å². The van der Waals surface area contributed by atoms with Crippen LogP contribution in [0.1, 0.15) is 36.8 Å². The highest BCUT2D eigenvalue weighted by atomic mass is 16.5. The molecule has 2 aliphatic rings. The van der Waals surface area contributed by atoms with Gasteiger partial charge in [0, 0.05) is 31.6 Å². The summed E-state index contributed by atoms with van der Waals surface area (Å²) in [5.41, 5.74) is 2.54. The standard InChI is InChI=1S/C31H38N2O3/c1-35-28-13-14-29-27(20-28)11-6-12-30(29)36-19-7-17-32-16-5-4-8-24(22-32)23-33-18-15-25-9-2-3-10-26(25)21-31(33)34/h2-3,6,9-14,20,24H,4-5,7-8,15-19,21-23H2,1H3. The minimum absolute atomic E-state index is 0.289. The smallest absolute Gasteiger partial charge is 0.227 e. The fraction of sp³-hybridized carbons (Fsp3) is 0.452. The molecule has 3 aromatic rings. The van der Waals surface area contributed by atoms with Gasteiger partial charge in [0.05, 0.1) is 20.1 Å². The molecule has 0 radical (unpaired) electrons. The summed E-state index contributed by atoms with van der Waals surface area (Å²) in [5.74, 6) is 2.63. The first-order valence-corrected chi connectivity index (χ1v) is 13.5. The van der Waals surface area contributed by atoms with E-state index in [2.05, 4.69) is 40.1 Å².